The van der Waals surface area contributed by atoms with E-state index >= 15 is 0 Å². The molecule has 0 atom stereocenters. The molecule has 174 valence electrons. The van der Waals surface area contributed by atoms with E-state index in [1.54, 1.807) is 12.1 Å². The Labute approximate surface area is 203 Å². The molecule has 0 saturated carbocycles. The Balaban J connectivity index is 1.63. The van der Waals surface area contributed by atoms with E-state index in [1.165, 1.54) is 5.57 Å². The van der Waals surface area contributed by atoms with Crippen molar-refractivity contribution in [2.75, 3.05) is 0 Å². The Morgan fingerprint density at radius 2 is 1.97 bits per heavy atom. The van der Waals surface area contributed by atoms with Crippen molar-refractivity contribution in [1.82, 2.24) is 20.2 Å². The molecule has 0 spiro atoms. The minimum Gasteiger partial charge on any atom is -0.353 e. The van der Waals surface area contributed by atoms with Gasteiger partial charge in [-0.25, -0.2) is 9.37 Å². The zero-order chi connectivity index (χ0) is 24.5. The Kier molecular flexibility index (Phi) is 5.91. The average molecular weight is 463 g/mol. The minimum absolute atomic E-state index is 0.234. The number of pyridine rings is 1. The summed E-state index contributed by atoms with van der Waals surface area (Å²) in [5, 5.41) is 9.55. The SMILES string of the molecule is C=C/C(=C\C(=C/C)c1cnc2n[nH]c(-c3cc4c(-c5cc(C)cc(F)c5)cccc4[nH]3)c2c1)CC. The van der Waals surface area contributed by atoms with E-state index < -0.39 is 0 Å². The van der Waals surface area contributed by atoms with Crippen LogP contribution in [-0.2, 0) is 0 Å². The summed E-state index contributed by atoms with van der Waals surface area (Å²) in [6.07, 6.45) is 8.88. The molecule has 3 heterocycles. The van der Waals surface area contributed by atoms with Gasteiger partial charge in [0.1, 0.15) is 5.82 Å². The van der Waals surface area contributed by atoms with Gasteiger partial charge < -0.3 is 4.98 Å². The van der Waals surface area contributed by atoms with Crippen molar-refractivity contribution in [2.45, 2.75) is 27.2 Å². The van der Waals surface area contributed by atoms with Crippen LogP contribution in [0.5, 0.6) is 0 Å². The molecule has 0 bridgehead atoms. The third-order valence-electron chi connectivity index (χ3n) is 6.35. The second-order valence-corrected chi connectivity index (χ2v) is 8.68. The first kappa shape index (κ1) is 22.5. The molecule has 4 nitrogen and oxygen atoms in total. The summed E-state index contributed by atoms with van der Waals surface area (Å²) in [7, 11) is 0. The Hall–Kier alpha value is -4.25. The number of nitrogens with zero attached hydrogens (tertiary/aromatic N) is 2. The van der Waals surface area contributed by atoms with E-state index in [1.807, 2.05) is 50.4 Å². The zero-order valence-electron chi connectivity index (χ0n) is 20.1. The topological polar surface area (TPSA) is 57.4 Å². The number of H-pyrrole nitrogens is 2. The van der Waals surface area contributed by atoms with Crippen LogP contribution in [-0.4, -0.2) is 20.2 Å². The van der Waals surface area contributed by atoms with Crippen LogP contribution in [0.15, 0.2) is 85.1 Å². The van der Waals surface area contributed by atoms with Crippen LogP contribution >= 0.6 is 0 Å². The summed E-state index contributed by atoms with van der Waals surface area (Å²) in [6, 6.07) is 15.4. The molecule has 0 amide bonds. The van der Waals surface area contributed by atoms with Gasteiger partial charge in [-0.05, 0) is 78.4 Å². The van der Waals surface area contributed by atoms with Gasteiger partial charge in [-0.3, -0.25) is 5.10 Å². The van der Waals surface area contributed by atoms with Gasteiger partial charge in [0, 0.05) is 28.0 Å². The molecular weight excluding hydrogens is 435 g/mol. The van der Waals surface area contributed by atoms with Gasteiger partial charge in [0.2, 0.25) is 0 Å². The third-order valence-corrected chi connectivity index (χ3v) is 6.35. The van der Waals surface area contributed by atoms with E-state index in [2.05, 4.69) is 58.0 Å². The molecule has 0 radical (unpaired) electrons. The summed E-state index contributed by atoms with van der Waals surface area (Å²) in [5.41, 5.74) is 9.40. The van der Waals surface area contributed by atoms with Crippen molar-refractivity contribution in [3.63, 3.8) is 0 Å². The summed E-state index contributed by atoms with van der Waals surface area (Å²) in [4.78, 5) is 8.11. The van der Waals surface area contributed by atoms with Gasteiger partial charge in [-0.15, -0.1) is 0 Å². The summed E-state index contributed by atoms with van der Waals surface area (Å²) < 4.78 is 14.1. The highest BCUT2D eigenvalue weighted by Crippen LogP contribution is 2.35. The number of aromatic nitrogens is 4. The van der Waals surface area contributed by atoms with E-state index in [0.717, 1.165) is 61.9 Å². The molecule has 5 aromatic rings. The molecule has 0 unspecified atom stereocenters. The van der Waals surface area contributed by atoms with Crippen molar-refractivity contribution < 1.29 is 4.39 Å². The normalized spacial score (nSPS) is 12.6. The zero-order valence-corrected chi connectivity index (χ0v) is 20.1. The Bertz CT molecular complexity index is 1610. The Morgan fingerprint density at radius 3 is 2.71 bits per heavy atom. The van der Waals surface area contributed by atoms with Crippen LogP contribution in [0.2, 0.25) is 0 Å². The number of nitrogens with one attached hydrogen (secondary N) is 2. The molecule has 0 saturated heterocycles. The van der Waals surface area contributed by atoms with Crippen LogP contribution in [0.25, 0.3) is 50.0 Å². The molecule has 3 aromatic heterocycles. The molecule has 0 aliphatic rings. The molecule has 35 heavy (non-hydrogen) atoms. The number of hydrogen-bond donors (Lipinski definition) is 2. The monoisotopic (exact) mass is 462 g/mol. The number of rotatable bonds is 6. The number of aryl methyl sites for hydroxylation is 1. The van der Waals surface area contributed by atoms with Crippen LogP contribution in [0, 0.1) is 12.7 Å². The summed E-state index contributed by atoms with van der Waals surface area (Å²) in [6.45, 7) is 9.96. The first-order valence-electron chi connectivity index (χ1n) is 11.7. The predicted molar refractivity (Wildman–Crippen MR) is 144 cm³/mol. The smallest absolute Gasteiger partial charge is 0.181 e. The average Bonchev–Trinajstić information content (AvgIpc) is 3.47. The summed E-state index contributed by atoms with van der Waals surface area (Å²) >= 11 is 0. The van der Waals surface area contributed by atoms with E-state index in [9.17, 15) is 4.39 Å². The van der Waals surface area contributed by atoms with Crippen LogP contribution in [0.4, 0.5) is 4.39 Å². The molecule has 5 rings (SSSR count). The molecular formula is C30H27FN4. The Morgan fingerprint density at radius 1 is 1.11 bits per heavy atom. The van der Waals surface area contributed by atoms with Crippen LogP contribution < -0.4 is 0 Å². The van der Waals surface area contributed by atoms with Gasteiger partial charge in [0.05, 0.1) is 11.4 Å². The largest absolute Gasteiger partial charge is 0.353 e. The fourth-order valence-electron chi connectivity index (χ4n) is 4.53. The van der Waals surface area contributed by atoms with Crippen molar-refractivity contribution in [3.8, 4) is 22.5 Å². The minimum atomic E-state index is -0.234. The highest BCUT2D eigenvalue weighted by Gasteiger charge is 2.15. The number of aromatic amines is 2. The van der Waals surface area contributed by atoms with Crippen molar-refractivity contribution in [1.29, 1.82) is 0 Å². The van der Waals surface area contributed by atoms with Gasteiger partial charge in [0.25, 0.3) is 0 Å². The van der Waals surface area contributed by atoms with Crippen LogP contribution in [0.3, 0.4) is 0 Å². The highest BCUT2D eigenvalue weighted by molar-refractivity contribution is 6.01. The number of hydrogen-bond acceptors (Lipinski definition) is 2. The molecule has 0 fully saturated rings. The lowest BCUT2D eigenvalue weighted by Crippen LogP contribution is -1.87. The number of fused-ring (bicyclic) bond motifs is 2. The highest BCUT2D eigenvalue weighted by atomic mass is 19.1. The quantitative estimate of drug-likeness (QED) is 0.250. The van der Waals surface area contributed by atoms with Gasteiger partial charge in [-0.2, -0.15) is 5.10 Å². The second kappa shape index (κ2) is 9.18. The summed E-state index contributed by atoms with van der Waals surface area (Å²) in [5.74, 6) is -0.234. The maximum absolute atomic E-state index is 14.1. The first-order valence-corrected chi connectivity index (χ1v) is 11.7. The van der Waals surface area contributed by atoms with Crippen molar-refractivity contribution >= 4 is 27.5 Å². The maximum atomic E-state index is 14.1. The fraction of sp³-hybridized carbons (Fsp3) is 0.133. The van der Waals surface area contributed by atoms with Crippen LogP contribution in [0.1, 0.15) is 31.4 Å². The molecule has 5 heteroatoms. The third kappa shape index (κ3) is 4.21. The van der Waals surface area contributed by atoms with Gasteiger partial charge >= 0.3 is 0 Å². The number of allylic oxidation sites excluding steroid dienone is 5. The molecule has 0 aliphatic carbocycles. The van der Waals surface area contributed by atoms with Gasteiger partial charge in [-0.1, -0.05) is 49.9 Å². The predicted octanol–water partition coefficient (Wildman–Crippen LogP) is 8.15. The lowest BCUT2D eigenvalue weighted by atomic mass is 9.99. The standard InChI is InChI=1S/C30H27FN4/c1-5-19(6-2)13-20(7-3)22-15-26-29(34-35-30(26)32-17-22)28-16-25-24(9-8-10-27(25)33-28)21-11-18(4)12-23(31)14-21/h5,7-17,33H,1,6H2,2-4H3,(H,32,34,35)/b19-13+,20-7+. The lowest BCUT2D eigenvalue weighted by Gasteiger charge is -2.05. The number of halogens is 1. The maximum Gasteiger partial charge on any atom is 0.181 e. The number of benzene rings is 2. The van der Waals surface area contributed by atoms with Crippen molar-refractivity contribution in [3.05, 3.63) is 102 Å². The second-order valence-electron chi connectivity index (χ2n) is 8.68. The molecule has 2 N–H and O–H groups in total. The fourth-order valence-corrected chi connectivity index (χ4v) is 4.53. The lowest BCUT2D eigenvalue weighted by molar-refractivity contribution is 0.627. The molecule has 0 aliphatic heterocycles. The van der Waals surface area contributed by atoms with Gasteiger partial charge in [0.15, 0.2) is 5.65 Å². The van der Waals surface area contributed by atoms with E-state index in [0.29, 0.717) is 5.65 Å². The van der Waals surface area contributed by atoms with E-state index in [-0.39, 0.29) is 5.82 Å². The first-order chi connectivity index (χ1) is 17.0. The van der Waals surface area contributed by atoms with Crippen molar-refractivity contribution in [2.24, 2.45) is 0 Å². The van der Waals surface area contributed by atoms with E-state index in [4.69, 9.17) is 0 Å². The molecule has 2 aromatic carbocycles.